The summed E-state index contributed by atoms with van der Waals surface area (Å²) in [5, 5.41) is 2.71. The van der Waals surface area contributed by atoms with Crippen LogP contribution in [0, 0.1) is 11.7 Å². The zero-order valence-corrected chi connectivity index (χ0v) is 16.0. The summed E-state index contributed by atoms with van der Waals surface area (Å²) < 4.78 is 13.2. The number of likely N-dealkylation sites (tertiary alicyclic amines) is 1. The van der Waals surface area contributed by atoms with Gasteiger partial charge in [0, 0.05) is 31.9 Å². The van der Waals surface area contributed by atoms with Gasteiger partial charge in [-0.25, -0.2) is 4.39 Å². The van der Waals surface area contributed by atoms with Crippen molar-refractivity contribution < 1.29 is 14.0 Å². The molecule has 0 saturated carbocycles. The van der Waals surface area contributed by atoms with Crippen molar-refractivity contribution in [2.75, 3.05) is 57.7 Å². The zero-order valence-electron chi connectivity index (χ0n) is 16.0. The summed E-state index contributed by atoms with van der Waals surface area (Å²) in [7, 11) is 0. The Balaban J connectivity index is 1.38. The average molecular weight is 376 g/mol. The minimum atomic E-state index is -0.372. The first kappa shape index (κ1) is 19.8. The Labute approximate surface area is 160 Å². The topological polar surface area (TPSA) is 55.9 Å². The molecule has 0 atom stereocenters. The third kappa shape index (κ3) is 6.01. The molecule has 0 bridgehead atoms. The lowest BCUT2D eigenvalue weighted by Gasteiger charge is -2.36. The Morgan fingerprint density at radius 2 is 1.70 bits per heavy atom. The SMILES string of the molecule is CC1CCN(CC(=O)N2CCN(CC(=O)Nc3cccc(F)c3)CC2)CC1. The summed E-state index contributed by atoms with van der Waals surface area (Å²) in [5.41, 5.74) is 0.463. The second-order valence-electron chi connectivity index (χ2n) is 7.67. The number of hydrogen-bond acceptors (Lipinski definition) is 4. The van der Waals surface area contributed by atoms with Crippen LogP contribution >= 0.6 is 0 Å². The van der Waals surface area contributed by atoms with Crippen LogP contribution < -0.4 is 5.32 Å². The van der Waals surface area contributed by atoms with Gasteiger partial charge < -0.3 is 10.2 Å². The maximum Gasteiger partial charge on any atom is 0.238 e. The largest absolute Gasteiger partial charge is 0.339 e. The molecule has 2 saturated heterocycles. The molecule has 2 amide bonds. The number of halogens is 1. The molecule has 2 aliphatic rings. The van der Waals surface area contributed by atoms with Gasteiger partial charge in [0.2, 0.25) is 11.8 Å². The van der Waals surface area contributed by atoms with Crippen LogP contribution in [0.15, 0.2) is 24.3 Å². The van der Waals surface area contributed by atoms with E-state index in [1.165, 1.54) is 25.0 Å². The summed E-state index contributed by atoms with van der Waals surface area (Å²) >= 11 is 0. The molecule has 2 fully saturated rings. The summed E-state index contributed by atoms with van der Waals surface area (Å²) in [6.07, 6.45) is 2.34. The van der Waals surface area contributed by atoms with Gasteiger partial charge in [0.1, 0.15) is 5.82 Å². The van der Waals surface area contributed by atoms with Gasteiger partial charge in [-0.05, 0) is 50.0 Å². The highest BCUT2D eigenvalue weighted by Gasteiger charge is 2.25. The van der Waals surface area contributed by atoms with Crippen molar-refractivity contribution in [1.29, 1.82) is 0 Å². The fourth-order valence-electron chi connectivity index (χ4n) is 3.64. The van der Waals surface area contributed by atoms with Crippen LogP contribution in [0.25, 0.3) is 0 Å². The molecule has 2 heterocycles. The molecule has 27 heavy (non-hydrogen) atoms. The molecule has 1 aromatic carbocycles. The molecule has 0 radical (unpaired) electrons. The van der Waals surface area contributed by atoms with Gasteiger partial charge in [-0.15, -0.1) is 0 Å². The molecular weight excluding hydrogens is 347 g/mol. The monoisotopic (exact) mass is 376 g/mol. The van der Waals surface area contributed by atoms with E-state index < -0.39 is 0 Å². The van der Waals surface area contributed by atoms with Gasteiger partial charge in [-0.1, -0.05) is 13.0 Å². The molecule has 1 aromatic rings. The number of piperidine rings is 1. The number of hydrogen-bond donors (Lipinski definition) is 1. The fraction of sp³-hybridized carbons (Fsp3) is 0.600. The molecular formula is C20H29FN4O2. The number of nitrogens with zero attached hydrogens (tertiary/aromatic N) is 3. The van der Waals surface area contributed by atoms with Crippen LogP contribution in [-0.4, -0.2) is 78.9 Å². The third-order valence-corrected chi connectivity index (χ3v) is 5.44. The predicted octanol–water partition coefficient (Wildman–Crippen LogP) is 1.64. The third-order valence-electron chi connectivity index (χ3n) is 5.44. The number of nitrogens with one attached hydrogen (secondary N) is 1. The lowest BCUT2D eigenvalue weighted by atomic mass is 9.99. The molecule has 6 nitrogen and oxygen atoms in total. The van der Waals surface area contributed by atoms with E-state index in [9.17, 15) is 14.0 Å². The van der Waals surface area contributed by atoms with Crippen LogP contribution in [0.4, 0.5) is 10.1 Å². The number of rotatable bonds is 5. The van der Waals surface area contributed by atoms with E-state index >= 15 is 0 Å². The van der Waals surface area contributed by atoms with Crippen molar-refractivity contribution in [3.05, 3.63) is 30.1 Å². The minimum Gasteiger partial charge on any atom is -0.339 e. The molecule has 0 spiro atoms. The molecule has 3 rings (SSSR count). The maximum absolute atomic E-state index is 13.2. The van der Waals surface area contributed by atoms with Crippen molar-refractivity contribution in [1.82, 2.24) is 14.7 Å². The first-order valence-electron chi connectivity index (χ1n) is 9.77. The van der Waals surface area contributed by atoms with E-state index in [-0.39, 0.29) is 24.2 Å². The van der Waals surface area contributed by atoms with E-state index in [1.807, 2.05) is 9.80 Å². The normalized spacial score (nSPS) is 19.9. The number of anilines is 1. The van der Waals surface area contributed by atoms with E-state index in [1.54, 1.807) is 12.1 Å². The number of piperazine rings is 1. The van der Waals surface area contributed by atoms with Gasteiger partial charge in [0.05, 0.1) is 13.1 Å². The van der Waals surface area contributed by atoms with Gasteiger partial charge in [0.15, 0.2) is 0 Å². The van der Waals surface area contributed by atoms with Crippen molar-refractivity contribution >= 4 is 17.5 Å². The molecule has 148 valence electrons. The molecule has 7 heteroatoms. The van der Waals surface area contributed by atoms with Crippen molar-refractivity contribution in [3.63, 3.8) is 0 Å². The molecule has 0 aliphatic carbocycles. The molecule has 0 unspecified atom stereocenters. The zero-order chi connectivity index (χ0) is 19.2. The van der Waals surface area contributed by atoms with E-state index in [2.05, 4.69) is 17.1 Å². The molecule has 1 N–H and O–H groups in total. The Bertz CT molecular complexity index is 653. The van der Waals surface area contributed by atoms with Crippen molar-refractivity contribution in [3.8, 4) is 0 Å². The highest BCUT2D eigenvalue weighted by atomic mass is 19.1. The Kier molecular flexibility index (Phi) is 6.79. The first-order chi connectivity index (χ1) is 13.0. The standard InChI is InChI=1S/C20H29FN4O2/c1-16-5-7-23(8-6-16)15-20(27)25-11-9-24(10-12-25)14-19(26)22-18-4-2-3-17(21)13-18/h2-4,13,16H,5-12,14-15H2,1H3,(H,22,26). The Hall–Kier alpha value is -1.99. The van der Waals surface area contributed by atoms with Crippen LogP contribution in [-0.2, 0) is 9.59 Å². The van der Waals surface area contributed by atoms with Crippen LogP contribution in [0.1, 0.15) is 19.8 Å². The maximum atomic E-state index is 13.2. The highest BCUT2D eigenvalue weighted by molar-refractivity contribution is 5.92. The lowest BCUT2D eigenvalue weighted by molar-refractivity contribution is -0.134. The molecule has 0 aromatic heterocycles. The molecule has 2 aliphatic heterocycles. The van der Waals surface area contributed by atoms with Gasteiger partial charge in [-0.2, -0.15) is 0 Å². The van der Waals surface area contributed by atoms with Crippen LogP contribution in [0.5, 0.6) is 0 Å². The van der Waals surface area contributed by atoms with Gasteiger partial charge in [0.25, 0.3) is 0 Å². The second kappa shape index (κ2) is 9.28. The summed E-state index contributed by atoms with van der Waals surface area (Å²) in [5.74, 6) is 0.415. The number of benzene rings is 1. The van der Waals surface area contributed by atoms with E-state index in [0.717, 1.165) is 19.0 Å². The van der Waals surface area contributed by atoms with E-state index in [4.69, 9.17) is 0 Å². The number of carbonyl (C=O) groups is 2. The summed E-state index contributed by atoms with van der Waals surface area (Å²) in [6.45, 7) is 7.70. The van der Waals surface area contributed by atoms with Crippen molar-refractivity contribution in [2.45, 2.75) is 19.8 Å². The van der Waals surface area contributed by atoms with Gasteiger partial charge in [-0.3, -0.25) is 19.4 Å². The Morgan fingerprint density at radius 3 is 2.37 bits per heavy atom. The number of carbonyl (C=O) groups excluding carboxylic acids is 2. The van der Waals surface area contributed by atoms with Crippen LogP contribution in [0.3, 0.4) is 0 Å². The quantitative estimate of drug-likeness (QED) is 0.849. The van der Waals surface area contributed by atoms with E-state index in [0.29, 0.717) is 38.4 Å². The smallest absolute Gasteiger partial charge is 0.238 e. The lowest BCUT2D eigenvalue weighted by Crippen LogP contribution is -2.53. The first-order valence-corrected chi connectivity index (χ1v) is 9.77. The van der Waals surface area contributed by atoms with Crippen molar-refractivity contribution in [2.24, 2.45) is 5.92 Å². The Morgan fingerprint density at radius 1 is 1.04 bits per heavy atom. The predicted molar refractivity (Wildman–Crippen MR) is 103 cm³/mol. The minimum absolute atomic E-state index is 0.164. The average Bonchev–Trinajstić information content (AvgIpc) is 2.64. The van der Waals surface area contributed by atoms with Crippen LogP contribution in [0.2, 0.25) is 0 Å². The van der Waals surface area contributed by atoms with Gasteiger partial charge >= 0.3 is 0 Å². The summed E-state index contributed by atoms with van der Waals surface area (Å²) in [6, 6.07) is 5.88. The second-order valence-corrected chi connectivity index (χ2v) is 7.67. The number of amides is 2. The fourth-order valence-corrected chi connectivity index (χ4v) is 3.64. The highest BCUT2D eigenvalue weighted by Crippen LogP contribution is 2.16. The summed E-state index contributed by atoms with van der Waals surface area (Å²) in [4.78, 5) is 30.8.